The first kappa shape index (κ1) is 21.2. The van der Waals surface area contributed by atoms with Gasteiger partial charge in [-0.05, 0) is 55.8 Å². The van der Waals surface area contributed by atoms with E-state index in [0.29, 0.717) is 29.0 Å². The third kappa shape index (κ3) is 4.81. The topological polar surface area (TPSA) is 80.6 Å². The summed E-state index contributed by atoms with van der Waals surface area (Å²) in [5.41, 5.74) is 3.46. The van der Waals surface area contributed by atoms with Crippen molar-refractivity contribution in [1.29, 1.82) is 0 Å². The van der Waals surface area contributed by atoms with E-state index in [9.17, 15) is 9.59 Å². The van der Waals surface area contributed by atoms with Crippen molar-refractivity contribution < 1.29 is 18.7 Å². The molecule has 32 heavy (non-hydrogen) atoms. The number of carbonyl (C=O) groups is 2. The number of benzene rings is 3. The Morgan fingerprint density at radius 2 is 1.62 bits per heavy atom. The van der Waals surface area contributed by atoms with Crippen molar-refractivity contribution in [3.8, 4) is 5.75 Å². The van der Waals surface area contributed by atoms with Crippen LogP contribution in [0.25, 0.3) is 11.0 Å². The molecule has 2 N–H and O–H groups in total. The number of hydrogen-bond acceptors (Lipinski definition) is 4. The van der Waals surface area contributed by atoms with Crippen LogP contribution in [0.5, 0.6) is 5.75 Å². The van der Waals surface area contributed by atoms with Crippen LogP contribution in [0.15, 0.2) is 77.2 Å². The summed E-state index contributed by atoms with van der Waals surface area (Å²) in [7, 11) is 0. The van der Waals surface area contributed by atoms with E-state index >= 15 is 0 Å². The molecule has 0 aliphatic carbocycles. The molecule has 2 amide bonds. The molecule has 0 spiro atoms. The van der Waals surface area contributed by atoms with Crippen molar-refractivity contribution in [3.63, 3.8) is 0 Å². The van der Waals surface area contributed by atoms with Crippen LogP contribution >= 0.6 is 0 Å². The number of ether oxygens (including phenoxy) is 1. The Bertz CT molecular complexity index is 1240. The lowest BCUT2D eigenvalue weighted by molar-refractivity contribution is -0.115. The molecule has 0 aliphatic heterocycles. The highest BCUT2D eigenvalue weighted by Gasteiger charge is 2.22. The standard InChI is InChI=1S/C26H24N2O4/c1-3-31-20-14-10-18(11-15-20)16-23(29)28-24-21-6-4-5-7-22(21)32-25(24)26(30)27-19-12-8-17(2)9-13-19/h4-15H,3,16H2,1-2H3,(H,27,30)(H,28,29). The van der Waals surface area contributed by atoms with Gasteiger partial charge in [-0.1, -0.05) is 42.0 Å². The zero-order valence-corrected chi connectivity index (χ0v) is 18.0. The van der Waals surface area contributed by atoms with Gasteiger partial charge in [-0.3, -0.25) is 9.59 Å². The summed E-state index contributed by atoms with van der Waals surface area (Å²) in [4.78, 5) is 25.7. The molecule has 0 fully saturated rings. The van der Waals surface area contributed by atoms with E-state index in [0.717, 1.165) is 16.9 Å². The van der Waals surface area contributed by atoms with Crippen molar-refractivity contribution in [2.24, 2.45) is 0 Å². The maximum Gasteiger partial charge on any atom is 0.293 e. The maximum atomic E-state index is 13.0. The average Bonchev–Trinajstić information content (AvgIpc) is 3.15. The summed E-state index contributed by atoms with van der Waals surface area (Å²) in [6.45, 7) is 4.48. The monoisotopic (exact) mass is 428 g/mol. The summed E-state index contributed by atoms with van der Waals surface area (Å²) < 4.78 is 11.2. The van der Waals surface area contributed by atoms with E-state index in [1.165, 1.54) is 0 Å². The van der Waals surface area contributed by atoms with Gasteiger partial charge in [0, 0.05) is 11.1 Å². The first-order chi connectivity index (χ1) is 15.5. The minimum atomic E-state index is -0.429. The highest BCUT2D eigenvalue weighted by atomic mass is 16.5. The van der Waals surface area contributed by atoms with Crippen molar-refractivity contribution >= 4 is 34.2 Å². The van der Waals surface area contributed by atoms with Crippen molar-refractivity contribution in [2.45, 2.75) is 20.3 Å². The summed E-state index contributed by atoms with van der Waals surface area (Å²) in [6.07, 6.45) is 0.158. The van der Waals surface area contributed by atoms with Crippen LogP contribution in [0, 0.1) is 6.92 Å². The Balaban J connectivity index is 1.56. The Kier molecular flexibility index (Phi) is 6.22. The molecule has 1 aromatic heterocycles. The largest absolute Gasteiger partial charge is 0.494 e. The lowest BCUT2D eigenvalue weighted by Gasteiger charge is -2.08. The lowest BCUT2D eigenvalue weighted by atomic mass is 10.1. The average molecular weight is 428 g/mol. The van der Waals surface area contributed by atoms with Crippen LogP contribution in [0.1, 0.15) is 28.6 Å². The van der Waals surface area contributed by atoms with Gasteiger partial charge in [-0.2, -0.15) is 0 Å². The molecule has 1 heterocycles. The number of hydrogen-bond donors (Lipinski definition) is 2. The number of aryl methyl sites for hydroxylation is 1. The molecule has 162 valence electrons. The van der Waals surface area contributed by atoms with E-state index in [1.807, 2.05) is 80.6 Å². The number of carbonyl (C=O) groups excluding carboxylic acids is 2. The van der Waals surface area contributed by atoms with Crippen molar-refractivity contribution in [3.05, 3.63) is 89.7 Å². The zero-order chi connectivity index (χ0) is 22.5. The molecule has 3 aromatic carbocycles. The summed E-state index contributed by atoms with van der Waals surface area (Å²) in [6, 6.07) is 22.1. The number of amides is 2. The van der Waals surface area contributed by atoms with Crippen LogP contribution in [0.2, 0.25) is 0 Å². The van der Waals surface area contributed by atoms with Gasteiger partial charge < -0.3 is 19.8 Å². The Labute approximate surface area is 186 Å². The summed E-state index contributed by atoms with van der Waals surface area (Å²) >= 11 is 0. The van der Waals surface area contributed by atoms with E-state index in [2.05, 4.69) is 10.6 Å². The summed E-state index contributed by atoms with van der Waals surface area (Å²) in [5.74, 6) is 0.144. The van der Waals surface area contributed by atoms with E-state index in [4.69, 9.17) is 9.15 Å². The number of nitrogens with one attached hydrogen (secondary N) is 2. The van der Waals surface area contributed by atoms with Gasteiger partial charge in [0.1, 0.15) is 17.0 Å². The predicted octanol–water partition coefficient (Wildman–Crippen LogP) is 5.57. The number of anilines is 2. The van der Waals surface area contributed by atoms with E-state index < -0.39 is 5.91 Å². The first-order valence-corrected chi connectivity index (χ1v) is 10.4. The number of para-hydroxylation sites is 1. The Morgan fingerprint density at radius 3 is 2.34 bits per heavy atom. The third-order valence-corrected chi connectivity index (χ3v) is 4.97. The van der Waals surface area contributed by atoms with Crippen LogP contribution in [-0.4, -0.2) is 18.4 Å². The van der Waals surface area contributed by atoms with Crippen molar-refractivity contribution in [1.82, 2.24) is 0 Å². The van der Waals surface area contributed by atoms with Gasteiger partial charge in [0.05, 0.1) is 13.0 Å². The molecule has 6 heteroatoms. The second-order valence-corrected chi connectivity index (χ2v) is 7.42. The molecule has 0 unspecified atom stereocenters. The normalized spacial score (nSPS) is 10.7. The molecule has 0 radical (unpaired) electrons. The van der Waals surface area contributed by atoms with Gasteiger partial charge in [0.2, 0.25) is 11.7 Å². The van der Waals surface area contributed by atoms with Crippen LogP contribution in [-0.2, 0) is 11.2 Å². The fourth-order valence-corrected chi connectivity index (χ4v) is 3.39. The summed E-state index contributed by atoms with van der Waals surface area (Å²) in [5, 5.41) is 6.37. The highest BCUT2D eigenvalue weighted by molar-refractivity contribution is 6.14. The predicted molar refractivity (Wildman–Crippen MR) is 125 cm³/mol. The molecule has 4 rings (SSSR count). The maximum absolute atomic E-state index is 13.0. The smallest absolute Gasteiger partial charge is 0.293 e. The molecule has 0 atom stereocenters. The zero-order valence-electron chi connectivity index (χ0n) is 18.0. The minimum Gasteiger partial charge on any atom is -0.494 e. The van der Waals surface area contributed by atoms with Gasteiger partial charge in [-0.25, -0.2) is 0 Å². The molecular formula is C26H24N2O4. The van der Waals surface area contributed by atoms with Gasteiger partial charge in [-0.15, -0.1) is 0 Å². The second-order valence-electron chi connectivity index (χ2n) is 7.42. The third-order valence-electron chi connectivity index (χ3n) is 4.97. The van der Waals surface area contributed by atoms with E-state index in [1.54, 1.807) is 6.07 Å². The second kappa shape index (κ2) is 9.39. The number of fused-ring (bicyclic) bond motifs is 1. The van der Waals surface area contributed by atoms with Gasteiger partial charge in [0.15, 0.2) is 0 Å². The molecule has 0 saturated carbocycles. The number of furan rings is 1. The van der Waals surface area contributed by atoms with E-state index in [-0.39, 0.29) is 18.1 Å². The highest BCUT2D eigenvalue weighted by Crippen LogP contribution is 2.31. The van der Waals surface area contributed by atoms with Crippen LogP contribution in [0.4, 0.5) is 11.4 Å². The fraction of sp³-hybridized carbons (Fsp3) is 0.154. The Hall–Kier alpha value is -4.06. The fourth-order valence-electron chi connectivity index (χ4n) is 3.39. The molecule has 0 aliphatic rings. The SMILES string of the molecule is CCOc1ccc(CC(=O)Nc2c(C(=O)Nc3ccc(C)cc3)oc3ccccc23)cc1. The molecular weight excluding hydrogens is 404 g/mol. The van der Waals surface area contributed by atoms with Gasteiger partial charge >= 0.3 is 0 Å². The number of rotatable bonds is 7. The Morgan fingerprint density at radius 1 is 0.906 bits per heavy atom. The lowest BCUT2D eigenvalue weighted by Crippen LogP contribution is -2.18. The van der Waals surface area contributed by atoms with Crippen LogP contribution < -0.4 is 15.4 Å². The molecule has 0 bridgehead atoms. The quantitative estimate of drug-likeness (QED) is 0.403. The van der Waals surface area contributed by atoms with Crippen LogP contribution in [0.3, 0.4) is 0 Å². The minimum absolute atomic E-state index is 0.0619. The first-order valence-electron chi connectivity index (χ1n) is 10.4. The van der Waals surface area contributed by atoms with Gasteiger partial charge in [0.25, 0.3) is 5.91 Å². The molecule has 6 nitrogen and oxygen atoms in total. The molecule has 4 aromatic rings. The molecule has 0 saturated heterocycles. The van der Waals surface area contributed by atoms with Crippen molar-refractivity contribution in [2.75, 3.05) is 17.2 Å².